The fraction of sp³-hybridized carbons (Fsp3) is 0.235. The van der Waals surface area contributed by atoms with Crippen LogP contribution < -0.4 is 4.74 Å². The summed E-state index contributed by atoms with van der Waals surface area (Å²) >= 11 is 6.68. The Kier molecular flexibility index (Phi) is 4.97. The van der Waals surface area contributed by atoms with Crippen LogP contribution in [0.25, 0.3) is 0 Å². The number of aromatic hydroxyl groups is 1. The first-order valence-corrected chi connectivity index (χ1v) is 8.28. The zero-order valence-electron chi connectivity index (χ0n) is 12.5. The average molecular weight is 428 g/mol. The summed E-state index contributed by atoms with van der Waals surface area (Å²) in [6.45, 7) is 5.95. The lowest BCUT2D eigenvalue weighted by Gasteiger charge is -2.21. The number of rotatable bonds is 2. The number of halogens is 2. The molecule has 0 unspecified atom stereocenters. The first kappa shape index (κ1) is 17.0. The third kappa shape index (κ3) is 3.90. The number of benzene rings is 2. The molecule has 0 aliphatic carbocycles. The Labute approximate surface area is 146 Å². The van der Waals surface area contributed by atoms with Gasteiger partial charge in [-0.3, -0.25) is 0 Å². The monoisotopic (exact) mass is 426 g/mol. The van der Waals surface area contributed by atoms with Gasteiger partial charge in [0, 0.05) is 14.5 Å². The molecular weight excluding hydrogens is 412 g/mol. The molecule has 1 N–H and O–H groups in total. The van der Waals surface area contributed by atoms with Crippen LogP contribution in [0.5, 0.6) is 11.5 Å². The molecule has 2 aromatic carbocycles. The lowest BCUT2D eigenvalue weighted by atomic mass is 9.86. The maximum atomic E-state index is 12.3. The van der Waals surface area contributed by atoms with Gasteiger partial charge < -0.3 is 9.84 Å². The second kappa shape index (κ2) is 6.42. The highest BCUT2D eigenvalue weighted by molar-refractivity contribution is 9.11. The van der Waals surface area contributed by atoms with Crippen molar-refractivity contribution in [2.24, 2.45) is 0 Å². The molecule has 0 amide bonds. The van der Waals surface area contributed by atoms with Crippen molar-refractivity contribution in [1.82, 2.24) is 0 Å². The molecule has 0 saturated heterocycles. The highest BCUT2D eigenvalue weighted by Gasteiger charge is 2.20. The van der Waals surface area contributed by atoms with Gasteiger partial charge in [-0.15, -0.1) is 0 Å². The molecule has 0 heterocycles. The highest BCUT2D eigenvalue weighted by Crippen LogP contribution is 2.34. The second-order valence-electron chi connectivity index (χ2n) is 5.94. The molecule has 0 radical (unpaired) electrons. The van der Waals surface area contributed by atoms with Crippen molar-refractivity contribution < 1.29 is 14.6 Å². The molecule has 2 rings (SSSR count). The van der Waals surface area contributed by atoms with E-state index in [1.54, 1.807) is 30.3 Å². The van der Waals surface area contributed by atoms with E-state index in [-0.39, 0.29) is 11.2 Å². The topological polar surface area (TPSA) is 46.5 Å². The van der Waals surface area contributed by atoms with Crippen LogP contribution in [0.2, 0.25) is 0 Å². The van der Waals surface area contributed by atoms with Gasteiger partial charge in [-0.2, -0.15) is 0 Å². The van der Waals surface area contributed by atoms with Crippen molar-refractivity contribution in [2.45, 2.75) is 26.2 Å². The Hall–Kier alpha value is -1.33. The number of carbonyl (C=O) groups excluding carboxylic acids is 1. The van der Waals surface area contributed by atoms with Gasteiger partial charge in [0.25, 0.3) is 0 Å². The third-order valence-corrected chi connectivity index (χ3v) is 4.32. The minimum Gasteiger partial charge on any atom is -0.508 e. The summed E-state index contributed by atoms with van der Waals surface area (Å²) in [5, 5.41) is 9.95. The quantitative estimate of drug-likeness (QED) is 0.513. The molecule has 0 bridgehead atoms. The molecule has 0 fully saturated rings. The number of ether oxygens (including phenoxy) is 1. The molecule has 0 aromatic heterocycles. The summed E-state index contributed by atoms with van der Waals surface area (Å²) in [7, 11) is 0. The molecule has 0 saturated carbocycles. The summed E-state index contributed by atoms with van der Waals surface area (Å²) in [6, 6.07) is 10.1. The zero-order chi connectivity index (χ0) is 16.5. The summed E-state index contributed by atoms with van der Waals surface area (Å²) in [4.78, 5) is 12.3. The van der Waals surface area contributed by atoms with E-state index in [9.17, 15) is 9.90 Å². The molecule has 0 aliphatic heterocycles. The van der Waals surface area contributed by atoms with Gasteiger partial charge in [0.15, 0.2) is 0 Å². The van der Waals surface area contributed by atoms with Gasteiger partial charge in [-0.25, -0.2) is 4.79 Å². The number of hydrogen-bond donors (Lipinski definition) is 1. The largest absolute Gasteiger partial charge is 0.508 e. The first-order chi connectivity index (χ1) is 10.2. The zero-order valence-corrected chi connectivity index (χ0v) is 15.7. The fourth-order valence-corrected chi connectivity index (χ4v) is 2.76. The predicted octanol–water partition coefficient (Wildman–Crippen LogP) is 5.43. The maximum Gasteiger partial charge on any atom is 0.344 e. The van der Waals surface area contributed by atoms with Gasteiger partial charge in [0.1, 0.15) is 11.5 Å². The molecule has 5 heteroatoms. The van der Waals surface area contributed by atoms with E-state index in [0.29, 0.717) is 15.8 Å². The maximum absolute atomic E-state index is 12.3. The minimum atomic E-state index is -0.460. The van der Waals surface area contributed by atoms with Gasteiger partial charge in [-0.1, -0.05) is 36.7 Å². The van der Waals surface area contributed by atoms with E-state index in [1.807, 2.05) is 26.8 Å². The minimum absolute atomic E-state index is 0.191. The van der Waals surface area contributed by atoms with Crippen LogP contribution in [0.15, 0.2) is 45.3 Å². The Morgan fingerprint density at radius 2 is 1.77 bits per heavy atom. The first-order valence-electron chi connectivity index (χ1n) is 6.69. The molecule has 0 atom stereocenters. The average Bonchev–Trinajstić information content (AvgIpc) is 2.42. The van der Waals surface area contributed by atoms with Gasteiger partial charge >= 0.3 is 5.97 Å². The van der Waals surface area contributed by atoms with Gasteiger partial charge in [-0.05, 0) is 57.7 Å². The molecule has 22 heavy (non-hydrogen) atoms. The molecule has 0 spiro atoms. The van der Waals surface area contributed by atoms with Crippen molar-refractivity contribution in [1.29, 1.82) is 0 Å². The number of esters is 1. The lowest BCUT2D eigenvalue weighted by Crippen LogP contribution is -2.13. The van der Waals surface area contributed by atoms with Gasteiger partial charge in [0.05, 0.1) is 5.56 Å². The van der Waals surface area contributed by atoms with E-state index in [0.717, 1.165) is 10.0 Å². The standard InChI is InChI=1S/C17H16Br2O3/c1-17(2,3)13-9-11(5-7-15(13)20)22-16(21)12-8-10(18)4-6-14(12)19/h4-9,20H,1-3H3. The van der Waals surface area contributed by atoms with E-state index in [2.05, 4.69) is 31.9 Å². The second-order valence-corrected chi connectivity index (χ2v) is 7.71. The number of carbonyl (C=O) groups is 1. The summed E-state index contributed by atoms with van der Waals surface area (Å²) in [5.74, 6) is 0.134. The summed E-state index contributed by atoms with van der Waals surface area (Å²) in [6.07, 6.45) is 0. The molecule has 3 nitrogen and oxygen atoms in total. The van der Waals surface area contributed by atoms with Gasteiger partial charge in [0.2, 0.25) is 0 Å². The summed E-state index contributed by atoms with van der Waals surface area (Å²) in [5.41, 5.74) is 0.911. The van der Waals surface area contributed by atoms with Crippen LogP contribution >= 0.6 is 31.9 Å². The SMILES string of the molecule is CC(C)(C)c1cc(OC(=O)c2cc(Br)ccc2Br)ccc1O. The van der Waals surface area contributed by atoms with Crippen molar-refractivity contribution in [3.05, 3.63) is 56.5 Å². The van der Waals surface area contributed by atoms with Crippen LogP contribution in [-0.4, -0.2) is 11.1 Å². The van der Waals surface area contributed by atoms with E-state index in [4.69, 9.17) is 4.74 Å². The molecular formula is C17H16Br2O3. The van der Waals surface area contributed by atoms with Crippen LogP contribution in [0.4, 0.5) is 0 Å². The molecule has 116 valence electrons. The third-order valence-electron chi connectivity index (χ3n) is 3.13. The fourth-order valence-electron chi connectivity index (χ4n) is 2.00. The van der Waals surface area contributed by atoms with E-state index < -0.39 is 5.97 Å². The Balaban J connectivity index is 2.31. The van der Waals surface area contributed by atoms with Crippen LogP contribution in [0.3, 0.4) is 0 Å². The van der Waals surface area contributed by atoms with Crippen molar-refractivity contribution in [2.75, 3.05) is 0 Å². The molecule has 0 aliphatic rings. The smallest absolute Gasteiger partial charge is 0.344 e. The highest BCUT2D eigenvalue weighted by atomic mass is 79.9. The van der Waals surface area contributed by atoms with Crippen molar-refractivity contribution >= 4 is 37.8 Å². The van der Waals surface area contributed by atoms with Crippen molar-refractivity contribution in [3.8, 4) is 11.5 Å². The van der Waals surface area contributed by atoms with Crippen LogP contribution in [0, 0.1) is 0 Å². The van der Waals surface area contributed by atoms with Crippen LogP contribution in [0.1, 0.15) is 36.7 Å². The lowest BCUT2D eigenvalue weighted by molar-refractivity contribution is 0.0733. The van der Waals surface area contributed by atoms with E-state index >= 15 is 0 Å². The Morgan fingerprint density at radius 1 is 1.09 bits per heavy atom. The number of phenols is 1. The predicted molar refractivity (Wildman–Crippen MR) is 93.6 cm³/mol. The van der Waals surface area contributed by atoms with E-state index in [1.165, 1.54) is 0 Å². The Morgan fingerprint density at radius 3 is 2.41 bits per heavy atom. The van der Waals surface area contributed by atoms with Crippen molar-refractivity contribution in [3.63, 3.8) is 0 Å². The molecule has 2 aromatic rings. The number of hydrogen-bond acceptors (Lipinski definition) is 3. The normalized spacial score (nSPS) is 11.3. The summed E-state index contributed by atoms with van der Waals surface area (Å²) < 4.78 is 6.88. The Bertz CT molecular complexity index is 718. The van der Waals surface area contributed by atoms with Crippen LogP contribution in [-0.2, 0) is 5.41 Å². The number of phenolic OH excluding ortho intramolecular Hbond substituents is 1.